The number of hydrogen-bond donors (Lipinski definition) is 2. The second-order valence-electron chi connectivity index (χ2n) is 6.94. The summed E-state index contributed by atoms with van der Waals surface area (Å²) in [6, 6.07) is 7.26. The highest BCUT2D eigenvalue weighted by molar-refractivity contribution is 6.35. The van der Waals surface area contributed by atoms with Gasteiger partial charge in [0.25, 0.3) is 5.91 Å². The van der Waals surface area contributed by atoms with Crippen LogP contribution < -0.4 is 10.7 Å². The second-order valence-corrected chi connectivity index (χ2v) is 7.79. The molecular formula is C19H17Cl2N3O4. The van der Waals surface area contributed by atoms with E-state index in [1.807, 2.05) is 0 Å². The Hall–Kier alpha value is -2.51. The first-order valence-electron chi connectivity index (χ1n) is 8.93. The molecule has 1 aliphatic carbocycles. The molecule has 2 N–H and O–H groups in total. The molecular weight excluding hydrogens is 405 g/mol. The maximum absolute atomic E-state index is 12.7. The van der Waals surface area contributed by atoms with E-state index in [-0.39, 0.29) is 5.76 Å². The Balaban J connectivity index is 1.52. The molecule has 1 saturated carbocycles. The van der Waals surface area contributed by atoms with Gasteiger partial charge in [-0.3, -0.25) is 9.59 Å². The van der Waals surface area contributed by atoms with Gasteiger partial charge in [0, 0.05) is 10.6 Å². The summed E-state index contributed by atoms with van der Waals surface area (Å²) in [5.41, 5.74) is 1.96. The summed E-state index contributed by atoms with van der Waals surface area (Å²) < 4.78 is 5.56. The van der Waals surface area contributed by atoms with Crippen LogP contribution in [0.1, 0.15) is 42.7 Å². The predicted molar refractivity (Wildman–Crippen MR) is 103 cm³/mol. The van der Waals surface area contributed by atoms with Crippen molar-refractivity contribution in [1.82, 2.24) is 15.8 Å². The first-order chi connectivity index (χ1) is 13.4. The first-order valence-corrected chi connectivity index (χ1v) is 9.68. The van der Waals surface area contributed by atoms with Gasteiger partial charge < -0.3 is 9.73 Å². The summed E-state index contributed by atoms with van der Waals surface area (Å²) in [6.07, 6.45) is 3.88. The number of nitrogens with one attached hydrogen (secondary N) is 2. The topological polar surface area (TPSA) is 91.7 Å². The first kappa shape index (κ1) is 18.8. The minimum atomic E-state index is -0.911. The SMILES string of the molecule is O=C(NN1C(=O)NC2(CCCCC2)C1=O)c1ccc(-c2cc(Cl)ccc2Cl)o1. The van der Waals surface area contributed by atoms with Crippen LogP contribution in [0.4, 0.5) is 4.79 Å². The van der Waals surface area contributed by atoms with E-state index in [4.69, 9.17) is 27.6 Å². The predicted octanol–water partition coefficient (Wildman–Crippen LogP) is 4.15. The van der Waals surface area contributed by atoms with Crippen molar-refractivity contribution in [3.63, 3.8) is 0 Å². The van der Waals surface area contributed by atoms with Crippen LogP contribution in [0, 0.1) is 0 Å². The molecule has 2 heterocycles. The molecule has 0 bridgehead atoms. The van der Waals surface area contributed by atoms with E-state index in [0.717, 1.165) is 24.3 Å². The zero-order valence-corrected chi connectivity index (χ0v) is 16.3. The van der Waals surface area contributed by atoms with Crippen molar-refractivity contribution in [3.8, 4) is 11.3 Å². The van der Waals surface area contributed by atoms with Crippen LogP contribution in [0.5, 0.6) is 0 Å². The lowest BCUT2D eigenvalue weighted by Gasteiger charge is -2.30. The average molecular weight is 422 g/mol. The van der Waals surface area contributed by atoms with Crippen LogP contribution >= 0.6 is 23.2 Å². The zero-order valence-electron chi connectivity index (χ0n) is 14.8. The largest absolute Gasteiger partial charge is 0.451 e. The number of furan rings is 1. The molecule has 4 amide bonds. The molecule has 4 rings (SSSR count). The minimum Gasteiger partial charge on any atom is -0.451 e. The lowest BCUT2D eigenvalue weighted by atomic mass is 9.82. The van der Waals surface area contributed by atoms with Crippen molar-refractivity contribution in [3.05, 3.63) is 46.1 Å². The van der Waals surface area contributed by atoms with Gasteiger partial charge in [0.15, 0.2) is 5.76 Å². The van der Waals surface area contributed by atoms with Crippen LogP contribution in [0.15, 0.2) is 34.7 Å². The van der Waals surface area contributed by atoms with Gasteiger partial charge in [-0.1, -0.05) is 42.5 Å². The molecule has 28 heavy (non-hydrogen) atoms. The van der Waals surface area contributed by atoms with Crippen molar-refractivity contribution < 1.29 is 18.8 Å². The van der Waals surface area contributed by atoms with Gasteiger partial charge in [0.2, 0.25) is 0 Å². The van der Waals surface area contributed by atoms with Crippen molar-refractivity contribution in [2.75, 3.05) is 0 Å². The molecule has 1 spiro atoms. The molecule has 1 aliphatic heterocycles. The van der Waals surface area contributed by atoms with Crippen molar-refractivity contribution in [2.45, 2.75) is 37.6 Å². The number of carbonyl (C=O) groups is 3. The molecule has 0 unspecified atom stereocenters. The fourth-order valence-electron chi connectivity index (χ4n) is 3.66. The lowest BCUT2D eigenvalue weighted by molar-refractivity contribution is -0.134. The summed E-state index contributed by atoms with van der Waals surface area (Å²) in [5.74, 6) is -0.856. The number of halogens is 2. The summed E-state index contributed by atoms with van der Waals surface area (Å²) in [6.45, 7) is 0. The summed E-state index contributed by atoms with van der Waals surface area (Å²) in [5, 5.41) is 4.36. The Morgan fingerprint density at radius 3 is 2.61 bits per heavy atom. The molecule has 9 heteroatoms. The Morgan fingerprint density at radius 1 is 1.11 bits per heavy atom. The van der Waals surface area contributed by atoms with Gasteiger partial charge in [-0.2, -0.15) is 5.01 Å². The second kappa shape index (κ2) is 7.14. The molecule has 2 aromatic rings. The van der Waals surface area contributed by atoms with E-state index >= 15 is 0 Å². The van der Waals surface area contributed by atoms with Crippen LogP contribution in [-0.4, -0.2) is 28.4 Å². The summed E-state index contributed by atoms with van der Waals surface area (Å²) >= 11 is 12.1. The molecule has 2 fully saturated rings. The van der Waals surface area contributed by atoms with Crippen molar-refractivity contribution >= 4 is 41.0 Å². The monoisotopic (exact) mass is 421 g/mol. The van der Waals surface area contributed by atoms with E-state index < -0.39 is 23.4 Å². The average Bonchev–Trinajstić information content (AvgIpc) is 3.25. The normalized spacial score (nSPS) is 18.4. The van der Waals surface area contributed by atoms with Gasteiger partial charge in [-0.15, -0.1) is 0 Å². The standard InChI is InChI=1S/C19H17Cl2N3O4/c20-11-4-5-13(21)12(10-11)14-6-7-15(28-14)16(25)23-24-17(26)19(22-18(24)27)8-2-1-3-9-19/h4-7,10H,1-3,8-9H2,(H,22,27)(H,23,25). The molecule has 1 aromatic heterocycles. The Kier molecular flexibility index (Phi) is 4.81. The maximum Gasteiger partial charge on any atom is 0.344 e. The number of carbonyl (C=O) groups excluding carboxylic acids is 3. The molecule has 1 saturated heterocycles. The molecule has 0 radical (unpaired) electrons. The number of hydrazine groups is 1. The fourth-order valence-corrected chi connectivity index (χ4v) is 4.05. The van der Waals surface area contributed by atoms with Crippen molar-refractivity contribution in [1.29, 1.82) is 0 Å². The number of amides is 4. The third-order valence-electron chi connectivity index (χ3n) is 5.11. The fraction of sp³-hybridized carbons (Fsp3) is 0.316. The number of urea groups is 1. The van der Waals surface area contributed by atoms with Crippen LogP contribution in [0.25, 0.3) is 11.3 Å². The van der Waals surface area contributed by atoms with Gasteiger partial charge in [-0.05, 0) is 43.2 Å². The highest BCUT2D eigenvalue weighted by Gasteiger charge is 2.52. The van der Waals surface area contributed by atoms with Crippen molar-refractivity contribution in [2.24, 2.45) is 0 Å². The van der Waals surface area contributed by atoms with Gasteiger partial charge in [0.05, 0.1) is 5.02 Å². The summed E-state index contributed by atoms with van der Waals surface area (Å²) in [4.78, 5) is 37.5. The summed E-state index contributed by atoms with van der Waals surface area (Å²) in [7, 11) is 0. The van der Waals surface area contributed by atoms with E-state index in [1.54, 1.807) is 24.3 Å². The number of benzene rings is 1. The molecule has 1 aromatic carbocycles. The van der Waals surface area contributed by atoms with Crippen LogP contribution in [0.2, 0.25) is 10.0 Å². The molecule has 0 atom stereocenters. The van der Waals surface area contributed by atoms with Gasteiger partial charge in [-0.25, -0.2) is 10.2 Å². The number of imide groups is 1. The van der Waals surface area contributed by atoms with Crippen LogP contribution in [0.3, 0.4) is 0 Å². The van der Waals surface area contributed by atoms with E-state index in [9.17, 15) is 14.4 Å². The third kappa shape index (κ3) is 3.25. The zero-order chi connectivity index (χ0) is 19.9. The number of hydrogen-bond acceptors (Lipinski definition) is 4. The third-order valence-corrected chi connectivity index (χ3v) is 5.67. The number of nitrogens with zero attached hydrogens (tertiary/aromatic N) is 1. The highest BCUT2D eigenvalue weighted by atomic mass is 35.5. The quantitative estimate of drug-likeness (QED) is 0.727. The Morgan fingerprint density at radius 2 is 1.86 bits per heavy atom. The smallest absolute Gasteiger partial charge is 0.344 e. The lowest BCUT2D eigenvalue weighted by Crippen LogP contribution is -2.50. The van der Waals surface area contributed by atoms with E-state index in [0.29, 0.717) is 34.2 Å². The Labute approximate surface area is 170 Å². The molecule has 7 nitrogen and oxygen atoms in total. The van der Waals surface area contributed by atoms with Gasteiger partial charge in [0.1, 0.15) is 11.3 Å². The Bertz CT molecular complexity index is 966. The van der Waals surface area contributed by atoms with Gasteiger partial charge >= 0.3 is 11.9 Å². The van der Waals surface area contributed by atoms with E-state index in [1.165, 1.54) is 6.07 Å². The maximum atomic E-state index is 12.7. The van der Waals surface area contributed by atoms with Crippen LogP contribution in [-0.2, 0) is 4.79 Å². The molecule has 2 aliphatic rings. The minimum absolute atomic E-state index is 0.0590. The van der Waals surface area contributed by atoms with E-state index in [2.05, 4.69) is 10.7 Å². The number of rotatable bonds is 3. The highest BCUT2D eigenvalue weighted by Crippen LogP contribution is 2.34. The molecule has 146 valence electrons.